The summed E-state index contributed by atoms with van der Waals surface area (Å²) in [7, 11) is 0. The molecule has 0 aromatic rings. The molecule has 0 bridgehead atoms. The van der Waals surface area contributed by atoms with Gasteiger partial charge in [-0.2, -0.15) is 0 Å². The van der Waals surface area contributed by atoms with E-state index in [-0.39, 0.29) is 6.10 Å². The van der Waals surface area contributed by atoms with E-state index in [4.69, 9.17) is 0 Å². The summed E-state index contributed by atoms with van der Waals surface area (Å²) in [4.78, 5) is 4.08. The summed E-state index contributed by atoms with van der Waals surface area (Å²) < 4.78 is 0. The molecule has 0 aromatic carbocycles. The van der Waals surface area contributed by atoms with Crippen LogP contribution in [0.15, 0.2) is 0 Å². The first-order valence-electron chi connectivity index (χ1n) is 5.61. The number of aliphatic hydroxyl groups is 2. The largest absolute Gasteiger partial charge is 0.392 e. The van der Waals surface area contributed by atoms with Crippen molar-refractivity contribution in [2.24, 2.45) is 0 Å². The van der Waals surface area contributed by atoms with Crippen molar-refractivity contribution in [3.8, 4) is 0 Å². The number of aliphatic hydroxyl groups excluding tert-OH is 2. The molecular formula is C10H20N2O2. The van der Waals surface area contributed by atoms with Crippen molar-refractivity contribution < 1.29 is 10.2 Å². The van der Waals surface area contributed by atoms with Crippen molar-refractivity contribution in [2.75, 3.05) is 26.2 Å². The standard InChI is InChI=1S/C10H20N2O2/c13-9-4-3-7-12(8-9)10(14)11-5-1-2-6-11/h9-10,13-14H,1-8H2. The number of piperidine rings is 1. The second-order valence-corrected chi connectivity index (χ2v) is 4.38. The molecule has 0 aliphatic carbocycles. The van der Waals surface area contributed by atoms with Gasteiger partial charge in [-0.15, -0.1) is 0 Å². The predicted octanol–water partition coefficient (Wildman–Crippen LogP) is -0.185. The summed E-state index contributed by atoms with van der Waals surface area (Å²) in [5.74, 6) is 0. The lowest BCUT2D eigenvalue weighted by Gasteiger charge is -2.37. The lowest BCUT2D eigenvalue weighted by Crippen LogP contribution is -2.52. The van der Waals surface area contributed by atoms with Crippen molar-refractivity contribution in [1.29, 1.82) is 0 Å². The molecule has 2 N–H and O–H groups in total. The molecule has 0 radical (unpaired) electrons. The lowest BCUT2D eigenvalue weighted by molar-refractivity contribution is -0.125. The zero-order valence-electron chi connectivity index (χ0n) is 8.60. The monoisotopic (exact) mass is 200 g/mol. The quantitative estimate of drug-likeness (QED) is 0.649. The lowest BCUT2D eigenvalue weighted by atomic mass is 10.1. The summed E-state index contributed by atoms with van der Waals surface area (Å²) in [6, 6.07) is 0. The van der Waals surface area contributed by atoms with Crippen LogP contribution in [0, 0.1) is 0 Å². The molecule has 2 aliphatic heterocycles. The molecule has 2 unspecified atom stereocenters. The number of nitrogens with zero attached hydrogens (tertiary/aromatic N) is 2. The molecule has 2 aliphatic rings. The van der Waals surface area contributed by atoms with Gasteiger partial charge in [0.05, 0.1) is 6.10 Å². The Morgan fingerprint density at radius 3 is 2.29 bits per heavy atom. The average molecular weight is 200 g/mol. The van der Waals surface area contributed by atoms with Gasteiger partial charge in [0, 0.05) is 26.2 Å². The Hall–Kier alpha value is -0.160. The summed E-state index contributed by atoms with van der Waals surface area (Å²) >= 11 is 0. The van der Waals surface area contributed by atoms with Gasteiger partial charge in [0.1, 0.15) is 0 Å². The van der Waals surface area contributed by atoms with Crippen LogP contribution in [0.4, 0.5) is 0 Å². The van der Waals surface area contributed by atoms with Crippen LogP contribution >= 0.6 is 0 Å². The van der Waals surface area contributed by atoms with Crippen LogP contribution in [0.2, 0.25) is 0 Å². The van der Waals surface area contributed by atoms with Crippen LogP contribution in [0.5, 0.6) is 0 Å². The minimum absolute atomic E-state index is 0.249. The Bertz CT molecular complexity index is 183. The van der Waals surface area contributed by atoms with E-state index in [9.17, 15) is 10.2 Å². The Labute approximate surface area is 85.1 Å². The summed E-state index contributed by atoms with van der Waals surface area (Å²) in [5.41, 5.74) is 0. The maximum absolute atomic E-state index is 10.0. The highest BCUT2D eigenvalue weighted by atomic mass is 16.3. The summed E-state index contributed by atoms with van der Waals surface area (Å²) in [5, 5.41) is 19.5. The van der Waals surface area contributed by atoms with Gasteiger partial charge in [-0.25, -0.2) is 0 Å². The molecule has 2 saturated heterocycles. The second-order valence-electron chi connectivity index (χ2n) is 4.38. The maximum atomic E-state index is 10.0. The molecule has 0 spiro atoms. The van der Waals surface area contributed by atoms with Crippen molar-refractivity contribution >= 4 is 0 Å². The van der Waals surface area contributed by atoms with Crippen molar-refractivity contribution in [2.45, 2.75) is 38.1 Å². The van der Waals surface area contributed by atoms with E-state index in [1.807, 2.05) is 4.90 Å². The topological polar surface area (TPSA) is 46.9 Å². The second kappa shape index (κ2) is 4.57. The van der Waals surface area contributed by atoms with E-state index in [0.29, 0.717) is 6.54 Å². The first kappa shape index (κ1) is 10.4. The van der Waals surface area contributed by atoms with Gasteiger partial charge in [0.2, 0.25) is 0 Å². The van der Waals surface area contributed by atoms with E-state index < -0.39 is 6.35 Å². The number of rotatable bonds is 2. The summed E-state index contributed by atoms with van der Waals surface area (Å²) in [6.45, 7) is 3.52. The molecule has 2 heterocycles. The number of hydrogen-bond donors (Lipinski definition) is 2. The molecule has 4 nitrogen and oxygen atoms in total. The molecule has 82 valence electrons. The van der Waals surface area contributed by atoms with Crippen LogP contribution in [0.1, 0.15) is 25.7 Å². The fraction of sp³-hybridized carbons (Fsp3) is 1.00. The molecular weight excluding hydrogens is 180 g/mol. The number of hydrogen-bond acceptors (Lipinski definition) is 4. The fourth-order valence-corrected chi connectivity index (χ4v) is 2.40. The Balaban J connectivity index is 1.86. The normalized spacial score (nSPS) is 33.4. The van der Waals surface area contributed by atoms with E-state index >= 15 is 0 Å². The maximum Gasteiger partial charge on any atom is 0.165 e. The van der Waals surface area contributed by atoms with Gasteiger partial charge in [-0.05, 0) is 25.7 Å². The highest BCUT2D eigenvalue weighted by Gasteiger charge is 2.28. The highest BCUT2D eigenvalue weighted by molar-refractivity contribution is 4.76. The SMILES string of the molecule is OC1CCCN(C(O)N2CCCC2)C1. The molecule has 2 fully saturated rings. The first-order valence-corrected chi connectivity index (χ1v) is 5.61. The Kier molecular flexibility index (Phi) is 3.38. The number of β-amino-alcohol motifs (C(OH)–C–C–N with tert-alkyl or cyclic N) is 1. The van der Waals surface area contributed by atoms with Crippen molar-refractivity contribution in [3.05, 3.63) is 0 Å². The van der Waals surface area contributed by atoms with Crippen LogP contribution in [0.3, 0.4) is 0 Å². The average Bonchev–Trinajstić information content (AvgIpc) is 2.69. The zero-order valence-corrected chi connectivity index (χ0v) is 8.60. The molecule has 2 rings (SSSR count). The Morgan fingerprint density at radius 2 is 1.64 bits per heavy atom. The molecule has 2 atom stereocenters. The molecule has 0 amide bonds. The highest BCUT2D eigenvalue weighted by Crippen LogP contribution is 2.17. The van der Waals surface area contributed by atoms with Gasteiger partial charge >= 0.3 is 0 Å². The minimum Gasteiger partial charge on any atom is -0.392 e. The summed E-state index contributed by atoms with van der Waals surface area (Å²) in [6.07, 6.45) is 3.53. The predicted molar refractivity (Wildman–Crippen MR) is 53.6 cm³/mol. The third-order valence-corrected chi connectivity index (χ3v) is 3.22. The zero-order chi connectivity index (χ0) is 9.97. The number of likely N-dealkylation sites (tertiary alicyclic amines) is 2. The van der Waals surface area contributed by atoms with Gasteiger partial charge in [0.25, 0.3) is 0 Å². The third-order valence-electron chi connectivity index (χ3n) is 3.22. The van der Waals surface area contributed by atoms with Crippen LogP contribution in [-0.4, -0.2) is 58.6 Å². The fourth-order valence-electron chi connectivity index (χ4n) is 2.40. The molecule has 0 aromatic heterocycles. The minimum atomic E-state index is -0.465. The van der Waals surface area contributed by atoms with Gasteiger partial charge in [-0.1, -0.05) is 0 Å². The third kappa shape index (κ3) is 2.25. The van der Waals surface area contributed by atoms with Crippen LogP contribution < -0.4 is 0 Å². The van der Waals surface area contributed by atoms with E-state index in [1.165, 1.54) is 12.8 Å². The van der Waals surface area contributed by atoms with Gasteiger partial charge in [0.15, 0.2) is 6.35 Å². The Morgan fingerprint density at radius 1 is 1.00 bits per heavy atom. The molecule has 14 heavy (non-hydrogen) atoms. The van der Waals surface area contributed by atoms with Crippen LogP contribution in [-0.2, 0) is 0 Å². The van der Waals surface area contributed by atoms with Crippen molar-refractivity contribution in [3.63, 3.8) is 0 Å². The smallest absolute Gasteiger partial charge is 0.165 e. The van der Waals surface area contributed by atoms with Gasteiger partial charge < -0.3 is 10.2 Å². The van der Waals surface area contributed by atoms with E-state index in [1.54, 1.807) is 0 Å². The van der Waals surface area contributed by atoms with E-state index in [0.717, 1.165) is 32.5 Å². The van der Waals surface area contributed by atoms with E-state index in [2.05, 4.69) is 4.90 Å². The first-order chi connectivity index (χ1) is 6.77. The van der Waals surface area contributed by atoms with Gasteiger partial charge in [-0.3, -0.25) is 9.80 Å². The van der Waals surface area contributed by atoms with Crippen molar-refractivity contribution in [1.82, 2.24) is 9.80 Å². The molecule has 4 heteroatoms. The van der Waals surface area contributed by atoms with Crippen LogP contribution in [0.25, 0.3) is 0 Å². The molecule has 0 saturated carbocycles.